The molecule has 5 heteroatoms. The minimum atomic E-state index is -4.64. The van der Waals surface area contributed by atoms with E-state index in [2.05, 4.69) is 4.98 Å². The number of hydrogen-bond acceptors (Lipinski definition) is 1. The zero-order valence-electron chi connectivity index (χ0n) is 11.5. The number of para-hydroxylation sites is 1. The average Bonchev–Trinajstić information content (AvgIpc) is 2.67. The number of hydrogen-bond donors (Lipinski definition) is 2. The van der Waals surface area contributed by atoms with Crippen LogP contribution in [0.15, 0.2) is 30.3 Å². The Kier molecular flexibility index (Phi) is 3.82. The molecule has 1 unspecified atom stereocenters. The van der Waals surface area contributed by atoms with Crippen molar-refractivity contribution >= 4 is 10.9 Å². The fourth-order valence-corrected chi connectivity index (χ4v) is 2.51. The maximum atomic E-state index is 13.1. The standard InChI is InChI=1S/C15H18F3NO/c1-10(2)8-14(20,15(16,17)18)9-12-7-11-5-3-4-6-13(11)19-12/h3-7,10,19-20H,8-9H2,1-2H3. The molecule has 2 rings (SSSR count). The molecule has 1 aromatic carbocycles. The monoisotopic (exact) mass is 285 g/mol. The molecule has 0 saturated carbocycles. The van der Waals surface area contributed by atoms with Crippen LogP contribution >= 0.6 is 0 Å². The van der Waals surface area contributed by atoms with E-state index < -0.39 is 18.2 Å². The second-order valence-electron chi connectivity index (χ2n) is 5.69. The van der Waals surface area contributed by atoms with Gasteiger partial charge in [-0.3, -0.25) is 0 Å². The molecular weight excluding hydrogens is 267 g/mol. The third kappa shape index (κ3) is 2.98. The van der Waals surface area contributed by atoms with E-state index in [0.717, 1.165) is 10.9 Å². The van der Waals surface area contributed by atoms with Crippen LogP contribution in [-0.4, -0.2) is 21.9 Å². The first-order valence-electron chi connectivity index (χ1n) is 6.57. The molecule has 0 bridgehead atoms. The number of H-pyrrole nitrogens is 1. The fraction of sp³-hybridized carbons (Fsp3) is 0.467. The lowest BCUT2D eigenvalue weighted by Gasteiger charge is -2.31. The molecule has 0 saturated heterocycles. The quantitative estimate of drug-likeness (QED) is 0.873. The van der Waals surface area contributed by atoms with Crippen LogP contribution in [-0.2, 0) is 6.42 Å². The van der Waals surface area contributed by atoms with Gasteiger partial charge in [-0.25, -0.2) is 0 Å². The number of nitrogens with one attached hydrogen (secondary N) is 1. The number of halogens is 3. The van der Waals surface area contributed by atoms with Crippen molar-refractivity contribution < 1.29 is 18.3 Å². The molecular formula is C15H18F3NO. The molecule has 20 heavy (non-hydrogen) atoms. The molecule has 110 valence electrons. The van der Waals surface area contributed by atoms with Gasteiger partial charge in [0.1, 0.15) is 0 Å². The van der Waals surface area contributed by atoms with Gasteiger partial charge in [-0.15, -0.1) is 0 Å². The smallest absolute Gasteiger partial charge is 0.380 e. The van der Waals surface area contributed by atoms with Crippen LogP contribution in [0.1, 0.15) is 26.0 Å². The van der Waals surface area contributed by atoms with Crippen LogP contribution in [0, 0.1) is 5.92 Å². The van der Waals surface area contributed by atoms with Crippen LogP contribution in [0.25, 0.3) is 10.9 Å². The Morgan fingerprint density at radius 1 is 1.20 bits per heavy atom. The van der Waals surface area contributed by atoms with Gasteiger partial charge in [0.25, 0.3) is 0 Å². The van der Waals surface area contributed by atoms with E-state index in [1.165, 1.54) is 0 Å². The van der Waals surface area contributed by atoms with E-state index in [4.69, 9.17) is 0 Å². The molecule has 2 N–H and O–H groups in total. The summed E-state index contributed by atoms with van der Waals surface area (Å²) in [7, 11) is 0. The van der Waals surface area contributed by atoms with E-state index in [-0.39, 0.29) is 12.3 Å². The van der Waals surface area contributed by atoms with Gasteiger partial charge in [-0.1, -0.05) is 32.0 Å². The molecule has 0 radical (unpaired) electrons. The minimum absolute atomic E-state index is 0.244. The highest BCUT2D eigenvalue weighted by Crippen LogP contribution is 2.38. The maximum absolute atomic E-state index is 13.1. The molecule has 1 atom stereocenters. The number of alkyl halides is 3. The second-order valence-corrected chi connectivity index (χ2v) is 5.69. The van der Waals surface area contributed by atoms with Crippen molar-refractivity contribution in [2.75, 3.05) is 0 Å². The van der Waals surface area contributed by atoms with Crippen molar-refractivity contribution in [3.8, 4) is 0 Å². The SMILES string of the molecule is CC(C)CC(O)(Cc1cc2ccccc2[nH]1)C(F)(F)F. The van der Waals surface area contributed by atoms with Gasteiger partial charge < -0.3 is 10.1 Å². The lowest BCUT2D eigenvalue weighted by molar-refractivity contribution is -0.265. The van der Waals surface area contributed by atoms with Crippen molar-refractivity contribution in [2.45, 2.75) is 38.5 Å². The first-order valence-corrected chi connectivity index (χ1v) is 6.57. The van der Waals surface area contributed by atoms with E-state index >= 15 is 0 Å². The highest BCUT2D eigenvalue weighted by Gasteiger charge is 2.53. The summed E-state index contributed by atoms with van der Waals surface area (Å²) in [4.78, 5) is 2.94. The number of benzene rings is 1. The zero-order valence-corrected chi connectivity index (χ0v) is 11.5. The molecule has 0 aliphatic rings. The molecule has 2 nitrogen and oxygen atoms in total. The van der Waals surface area contributed by atoms with E-state index in [0.29, 0.717) is 5.69 Å². The Labute approximate surface area is 115 Å². The maximum Gasteiger partial charge on any atom is 0.417 e. The second kappa shape index (κ2) is 5.13. The highest BCUT2D eigenvalue weighted by molar-refractivity contribution is 5.80. The number of rotatable bonds is 4. The van der Waals surface area contributed by atoms with Gasteiger partial charge in [0.2, 0.25) is 0 Å². The van der Waals surface area contributed by atoms with E-state index in [9.17, 15) is 18.3 Å². The topological polar surface area (TPSA) is 36.0 Å². The van der Waals surface area contributed by atoms with Gasteiger partial charge in [0, 0.05) is 17.6 Å². The predicted molar refractivity (Wildman–Crippen MR) is 72.5 cm³/mol. The highest BCUT2D eigenvalue weighted by atomic mass is 19.4. The molecule has 0 spiro atoms. The van der Waals surface area contributed by atoms with Gasteiger partial charge in [-0.05, 0) is 29.9 Å². The lowest BCUT2D eigenvalue weighted by Crippen LogP contribution is -2.48. The number of aliphatic hydroxyl groups is 1. The largest absolute Gasteiger partial charge is 0.417 e. The van der Waals surface area contributed by atoms with Crippen LogP contribution in [0.4, 0.5) is 13.2 Å². The summed E-state index contributed by atoms with van der Waals surface area (Å²) in [5, 5.41) is 10.9. The summed E-state index contributed by atoms with van der Waals surface area (Å²) in [5.74, 6) is -0.244. The summed E-state index contributed by atoms with van der Waals surface area (Å²) >= 11 is 0. The van der Waals surface area contributed by atoms with Crippen LogP contribution in [0.2, 0.25) is 0 Å². The fourth-order valence-electron chi connectivity index (χ4n) is 2.51. The molecule has 0 amide bonds. The molecule has 0 fully saturated rings. The Morgan fingerprint density at radius 3 is 2.40 bits per heavy atom. The summed E-state index contributed by atoms with van der Waals surface area (Å²) in [6.07, 6.45) is -5.41. The summed E-state index contributed by atoms with van der Waals surface area (Å²) < 4.78 is 39.4. The molecule has 1 aromatic heterocycles. The lowest BCUT2D eigenvalue weighted by atomic mass is 9.87. The van der Waals surface area contributed by atoms with Gasteiger partial charge in [0.05, 0.1) is 0 Å². The van der Waals surface area contributed by atoms with Crippen molar-refractivity contribution in [1.82, 2.24) is 4.98 Å². The normalized spacial score (nSPS) is 15.8. The number of aromatic amines is 1. The van der Waals surface area contributed by atoms with E-state index in [1.54, 1.807) is 26.0 Å². The first-order chi connectivity index (χ1) is 9.21. The summed E-state index contributed by atoms with van der Waals surface area (Å²) in [6.45, 7) is 3.34. The average molecular weight is 285 g/mol. The third-order valence-electron chi connectivity index (χ3n) is 3.34. The van der Waals surface area contributed by atoms with Crippen molar-refractivity contribution in [3.05, 3.63) is 36.0 Å². The minimum Gasteiger partial charge on any atom is -0.380 e. The Hall–Kier alpha value is -1.49. The summed E-state index contributed by atoms with van der Waals surface area (Å²) in [6, 6.07) is 8.92. The van der Waals surface area contributed by atoms with Crippen LogP contribution < -0.4 is 0 Å². The molecule has 1 heterocycles. The van der Waals surface area contributed by atoms with Gasteiger partial charge in [0.15, 0.2) is 5.60 Å². The van der Waals surface area contributed by atoms with Crippen LogP contribution in [0.5, 0.6) is 0 Å². The molecule has 0 aliphatic carbocycles. The molecule has 2 aromatic rings. The van der Waals surface area contributed by atoms with Crippen molar-refractivity contribution in [1.29, 1.82) is 0 Å². The third-order valence-corrected chi connectivity index (χ3v) is 3.34. The Bertz CT molecular complexity index is 555. The Balaban J connectivity index is 2.32. The Morgan fingerprint density at radius 2 is 1.85 bits per heavy atom. The molecule has 0 aliphatic heterocycles. The predicted octanol–water partition coefficient (Wildman–Crippen LogP) is 4.05. The number of aromatic nitrogens is 1. The van der Waals surface area contributed by atoms with Gasteiger partial charge in [-0.2, -0.15) is 13.2 Å². The van der Waals surface area contributed by atoms with Crippen molar-refractivity contribution in [2.24, 2.45) is 5.92 Å². The van der Waals surface area contributed by atoms with Gasteiger partial charge >= 0.3 is 6.18 Å². The first kappa shape index (κ1) is 14.9. The van der Waals surface area contributed by atoms with E-state index in [1.807, 2.05) is 18.2 Å². The van der Waals surface area contributed by atoms with Crippen LogP contribution in [0.3, 0.4) is 0 Å². The number of fused-ring (bicyclic) bond motifs is 1. The summed E-state index contributed by atoms with van der Waals surface area (Å²) in [5.41, 5.74) is -1.52. The van der Waals surface area contributed by atoms with Crippen molar-refractivity contribution in [3.63, 3.8) is 0 Å². The zero-order chi connectivity index (χ0) is 15.0.